The number of nitrogens with one attached hydrogen (secondary N) is 3. The molecule has 0 radical (unpaired) electrons. The van der Waals surface area contributed by atoms with E-state index in [9.17, 15) is 19.2 Å². The number of carbonyl (C=O) groups excluding carboxylic acids is 4. The number of nitrogens with zero attached hydrogens (tertiary/aromatic N) is 7. The van der Waals surface area contributed by atoms with Crippen LogP contribution < -0.4 is 20.9 Å². The number of anilines is 3. The molecule has 4 amide bonds. The number of likely N-dealkylation sites (tertiary alicyclic amines) is 3. The standard InChI is InChI=1S/C43H51ClN10O4.C3H6/c1-45-34-21-37(49-54-36(41(57)46-2)22-47-39(34)54)53-17-12-30-29(4-3-5-35(30)53)24-50-15-10-27(11-16-50)23-51-18-13-43(14-19-51)25-52(26-43)42(58)28-6-8-33(44)32(20-28)31-7-9-38(55)48-40(31)56;1-2-3-1/h3-6,8,20-22,27,31,45H,7,9-19,23-26H2,1-2H3,(H,46,57)(H,48,55,56);1-3H2. The average Bonchev–Trinajstić information content (AvgIpc) is 3.98. The van der Waals surface area contributed by atoms with Gasteiger partial charge in [0.15, 0.2) is 17.2 Å². The van der Waals surface area contributed by atoms with Crippen molar-refractivity contribution in [1.29, 1.82) is 0 Å². The van der Waals surface area contributed by atoms with Crippen molar-refractivity contribution in [2.75, 3.05) is 76.7 Å². The first-order chi connectivity index (χ1) is 29.6. The summed E-state index contributed by atoms with van der Waals surface area (Å²) in [5.41, 5.74) is 7.10. The minimum atomic E-state index is -0.524. The summed E-state index contributed by atoms with van der Waals surface area (Å²) in [5.74, 6) is 0.0757. The molecule has 7 heterocycles. The van der Waals surface area contributed by atoms with Crippen molar-refractivity contribution in [2.45, 2.75) is 76.7 Å². The van der Waals surface area contributed by atoms with Crippen LogP contribution in [0.1, 0.15) is 101 Å². The van der Waals surface area contributed by atoms with E-state index in [0.29, 0.717) is 39.8 Å². The largest absolute Gasteiger partial charge is 0.385 e. The van der Waals surface area contributed by atoms with E-state index in [1.807, 2.05) is 18.0 Å². The van der Waals surface area contributed by atoms with Crippen molar-refractivity contribution in [1.82, 2.24) is 39.9 Å². The molecule has 15 heteroatoms. The number of hydrogen-bond acceptors (Lipinski definition) is 10. The number of fused-ring (bicyclic) bond motifs is 2. The van der Waals surface area contributed by atoms with Crippen LogP contribution >= 0.6 is 11.6 Å². The molecule has 3 N–H and O–H groups in total. The highest BCUT2D eigenvalue weighted by atomic mass is 35.5. The molecule has 61 heavy (non-hydrogen) atoms. The van der Waals surface area contributed by atoms with Crippen LogP contribution in [0.2, 0.25) is 5.02 Å². The number of imide groups is 1. The zero-order valence-electron chi connectivity index (χ0n) is 35.3. The van der Waals surface area contributed by atoms with E-state index in [-0.39, 0.29) is 35.5 Å². The Morgan fingerprint density at radius 2 is 1.69 bits per heavy atom. The Balaban J connectivity index is 0.00000152. The fraction of sp³-hybridized carbons (Fsp3) is 0.522. The summed E-state index contributed by atoms with van der Waals surface area (Å²) in [6.07, 6.45) is 12.3. The lowest BCUT2D eigenvalue weighted by Crippen LogP contribution is -2.62. The number of piperidine rings is 3. The molecule has 322 valence electrons. The van der Waals surface area contributed by atoms with Crippen molar-refractivity contribution in [2.24, 2.45) is 11.3 Å². The highest BCUT2D eigenvalue weighted by Gasteiger charge is 2.47. The van der Waals surface area contributed by atoms with E-state index in [1.165, 1.54) is 48.9 Å². The van der Waals surface area contributed by atoms with Gasteiger partial charge in [0.25, 0.3) is 11.8 Å². The number of halogens is 1. The predicted molar refractivity (Wildman–Crippen MR) is 236 cm³/mol. The van der Waals surface area contributed by atoms with Gasteiger partial charge in [0, 0.05) is 81.0 Å². The molecule has 0 bridgehead atoms. The molecule has 14 nitrogen and oxygen atoms in total. The Morgan fingerprint density at radius 3 is 2.39 bits per heavy atom. The zero-order chi connectivity index (χ0) is 42.3. The summed E-state index contributed by atoms with van der Waals surface area (Å²) in [6.45, 7) is 8.76. The highest BCUT2D eigenvalue weighted by Crippen LogP contribution is 2.42. The van der Waals surface area contributed by atoms with Crippen LogP contribution in [0.15, 0.2) is 48.7 Å². The van der Waals surface area contributed by atoms with Gasteiger partial charge in [0.2, 0.25) is 11.8 Å². The van der Waals surface area contributed by atoms with Gasteiger partial charge < -0.3 is 25.3 Å². The first kappa shape index (κ1) is 41.3. The van der Waals surface area contributed by atoms with Crippen molar-refractivity contribution in [3.8, 4) is 0 Å². The van der Waals surface area contributed by atoms with E-state index in [0.717, 1.165) is 89.7 Å². The number of imidazole rings is 1. The van der Waals surface area contributed by atoms with Crippen LogP contribution in [-0.4, -0.2) is 119 Å². The third kappa shape index (κ3) is 8.59. The Kier molecular flexibility index (Phi) is 11.8. The third-order valence-electron chi connectivity index (χ3n) is 13.7. The van der Waals surface area contributed by atoms with Gasteiger partial charge in [-0.2, -0.15) is 0 Å². The smallest absolute Gasteiger partial charge is 0.271 e. The molecule has 4 aromatic rings. The molecule has 10 rings (SSSR count). The van der Waals surface area contributed by atoms with Crippen LogP contribution in [0.4, 0.5) is 17.2 Å². The van der Waals surface area contributed by atoms with Gasteiger partial charge in [-0.25, -0.2) is 9.50 Å². The second-order valence-electron chi connectivity index (χ2n) is 17.9. The van der Waals surface area contributed by atoms with E-state index in [2.05, 4.69) is 53.8 Å². The van der Waals surface area contributed by atoms with Gasteiger partial charge in [-0.3, -0.25) is 29.4 Å². The number of benzene rings is 2. The lowest BCUT2D eigenvalue weighted by molar-refractivity contribution is -0.134. The molecule has 5 fully saturated rings. The maximum atomic E-state index is 13.5. The molecule has 4 saturated heterocycles. The summed E-state index contributed by atoms with van der Waals surface area (Å²) in [6, 6.07) is 13.8. The van der Waals surface area contributed by atoms with Crippen molar-refractivity contribution in [3.05, 3.63) is 81.6 Å². The number of aromatic nitrogens is 3. The molecular formula is C46H57ClN10O4. The Hall–Kier alpha value is -5.05. The second-order valence-corrected chi connectivity index (χ2v) is 18.3. The Labute approximate surface area is 362 Å². The lowest BCUT2D eigenvalue weighted by Gasteiger charge is -2.54. The van der Waals surface area contributed by atoms with Gasteiger partial charge >= 0.3 is 0 Å². The van der Waals surface area contributed by atoms with Gasteiger partial charge in [-0.15, -0.1) is 5.10 Å². The van der Waals surface area contributed by atoms with Crippen LogP contribution in [0.25, 0.3) is 5.65 Å². The molecule has 6 aliphatic rings. The first-order valence-corrected chi connectivity index (χ1v) is 22.5. The Morgan fingerprint density at radius 1 is 0.918 bits per heavy atom. The van der Waals surface area contributed by atoms with Crippen LogP contribution in [0.3, 0.4) is 0 Å². The summed E-state index contributed by atoms with van der Waals surface area (Å²) >= 11 is 6.46. The van der Waals surface area contributed by atoms with Crippen LogP contribution in [0.5, 0.6) is 0 Å². The van der Waals surface area contributed by atoms with E-state index in [4.69, 9.17) is 16.7 Å². The minimum absolute atomic E-state index is 0.0204. The molecule has 5 aliphatic heterocycles. The molecule has 2 aromatic heterocycles. The normalized spacial score (nSPS) is 21.4. The number of hydrogen-bond donors (Lipinski definition) is 3. The summed E-state index contributed by atoms with van der Waals surface area (Å²) in [5, 5.41) is 13.6. The Bertz CT molecular complexity index is 2320. The van der Waals surface area contributed by atoms with Crippen LogP contribution in [0, 0.1) is 11.3 Å². The lowest BCUT2D eigenvalue weighted by atomic mass is 9.71. The minimum Gasteiger partial charge on any atom is -0.385 e. The molecule has 2 aromatic carbocycles. The molecule has 1 unspecified atom stereocenters. The summed E-state index contributed by atoms with van der Waals surface area (Å²) in [4.78, 5) is 64.1. The van der Waals surface area contributed by atoms with Gasteiger partial charge in [0.05, 0.1) is 17.8 Å². The molecular weight excluding hydrogens is 792 g/mol. The van der Waals surface area contributed by atoms with Crippen molar-refractivity contribution < 1.29 is 19.2 Å². The van der Waals surface area contributed by atoms with Gasteiger partial charge in [-0.1, -0.05) is 43.0 Å². The quantitative estimate of drug-likeness (QED) is 0.182. The summed E-state index contributed by atoms with van der Waals surface area (Å²) in [7, 11) is 3.47. The summed E-state index contributed by atoms with van der Waals surface area (Å²) < 4.78 is 1.63. The fourth-order valence-electron chi connectivity index (χ4n) is 9.93. The SMILES string of the molecule is C1CC1.CNC(=O)c1cnc2c(NC)cc(N3CCc4c(CN5CCC(CN6CCC7(CC6)CN(C(=O)c6ccc(Cl)c(C8CCC(=O)NC8=O)c6)C7)CC5)cccc43)nn12. The third-order valence-corrected chi connectivity index (χ3v) is 14.0. The zero-order valence-corrected chi connectivity index (χ0v) is 36.1. The van der Waals surface area contributed by atoms with Crippen molar-refractivity contribution >= 4 is 58.1 Å². The first-order valence-electron chi connectivity index (χ1n) is 22.2. The molecule has 1 atom stereocenters. The number of rotatable bonds is 9. The second kappa shape index (κ2) is 17.4. The van der Waals surface area contributed by atoms with Crippen LogP contribution in [-0.2, 0) is 22.6 Å². The van der Waals surface area contributed by atoms with E-state index >= 15 is 0 Å². The maximum absolute atomic E-state index is 13.5. The number of carbonyl (C=O) groups is 4. The molecule has 1 aliphatic carbocycles. The average molecular weight is 849 g/mol. The van der Waals surface area contributed by atoms with E-state index in [1.54, 1.807) is 36.0 Å². The molecule has 1 saturated carbocycles. The van der Waals surface area contributed by atoms with Gasteiger partial charge in [-0.05, 0) is 112 Å². The van der Waals surface area contributed by atoms with E-state index < -0.39 is 5.92 Å². The van der Waals surface area contributed by atoms with Gasteiger partial charge in [0.1, 0.15) is 0 Å². The topological polar surface area (TPSA) is 148 Å². The monoisotopic (exact) mass is 848 g/mol. The fourth-order valence-corrected chi connectivity index (χ4v) is 10.2. The number of amides is 4. The highest BCUT2D eigenvalue weighted by molar-refractivity contribution is 6.32. The molecule has 1 spiro atoms. The van der Waals surface area contributed by atoms with Crippen molar-refractivity contribution in [3.63, 3.8) is 0 Å². The maximum Gasteiger partial charge on any atom is 0.271 e. The predicted octanol–water partition coefficient (Wildman–Crippen LogP) is 5.62.